The topological polar surface area (TPSA) is 563 Å². The Morgan fingerprint density at radius 3 is 0.642 bits per heavy atom. The van der Waals surface area contributed by atoms with Crippen molar-refractivity contribution in [2.75, 3.05) is 46.2 Å². The number of aliphatic hydroxyl groups is 20. The number of carbonyl (C=O) groups is 1. The number of carbonyl (C=O) groups excluding carboxylic acids is 1. The summed E-state index contributed by atoms with van der Waals surface area (Å²) in [5.74, 6) is -0.990. The summed E-state index contributed by atoms with van der Waals surface area (Å²) in [6, 6.07) is -1.79. The van der Waals surface area contributed by atoms with Crippen molar-refractivity contribution in [3.05, 3.63) is 12.7 Å². The highest BCUT2D eigenvalue weighted by Crippen LogP contribution is 2.39. The van der Waals surface area contributed by atoms with Crippen LogP contribution in [-0.2, 0) is 71.1 Å². The number of amides is 1. The largest absolute Gasteiger partial charge is 0.394 e. The van der Waals surface area contributed by atoms with Crippen LogP contribution in [0.1, 0.15) is 0 Å². The van der Waals surface area contributed by atoms with Crippen molar-refractivity contribution < 1.29 is 173 Å². The highest BCUT2D eigenvalue weighted by Gasteiger charge is 2.60. The molecule has 0 aromatic rings. The van der Waals surface area contributed by atoms with Crippen molar-refractivity contribution in [1.82, 2.24) is 5.32 Å². The smallest absolute Gasteiger partial charge is 0.243 e. The summed E-state index contributed by atoms with van der Waals surface area (Å²) in [5, 5.41) is 224. The van der Waals surface area contributed by atoms with Gasteiger partial charge in [0.2, 0.25) is 5.91 Å². The zero-order chi connectivity index (χ0) is 59.0. The highest BCUT2D eigenvalue weighted by molar-refractivity contribution is 5.87. The van der Waals surface area contributed by atoms with E-state index < -0.39 is 267 Å². The first-order chi connectivity index (χ1) is 38.6. The predicted octanol–water partition coefficient (Wildman–Crippen LogP) is -14.9. The highest BCUT2D eigenvalue weighted by atomic mass is 16.8. The zero-order valence-electron chi connectivity index (χ0n) is 42.5. The first kappa shape index (κ1) is 64.8. The Labute approximate surface area is 457 Å². The minimum absolute atomic E-state index is 0.755. The first-order valence-corrected chi connectivity index (χ1v) is 25.8. The van der Waals surface area contributed by atoms with Gasteiger partial charge in [0.25, 0.3) is 0 Å². The van der Waals surface area contributed by atoms with Crippen molar-refractivity contribution in [3.63, 3.8) is 0 Å². The van der Waals surface area contributed by atoms with Crippen LogP contribution in [-0.4, -0.2) is 369 Å². The molecule has 21 aliphatic heterocycles. The van der Waals surface area contributed by atoms with Crippen LogP contribution >= 0.6 is 0 Å². The molecule has 0 unspecified atom stereocenters. The molecule has 21 fully saturated rings. The van der Waals surface area contributed by atoms with Gasteiger partial charge in [-0.05, 0) is 6.08 Å². The molecule has 0 saturated carbocycles. The van der Waals surface area contributed by atoms with Gasteiger partial charge in [0.15, 0.2) is 44.0 Å². The second-order valence-corrected chi connectivity index (χ2v) is 20.4. The molecule has 36 nitrogen and oxygen atoms in total. The Morgan fingerprint density at radius 2 is 0.457 bits per heavy atom. The van der Waals surface area contributed by atoms with Gasteiger partial charge >= 0.3 is 0 Å². The maximum absolute atomic E-state index is 12.9. The van der Waals surface area contributed by atoms with Crippen LogP contribution in [0.25, 0.3) is 0 Å². The SMILES string of the molecule is C=CC(=O)N[C@@H]1[C@@H](O)[C@H]2O[C@H]3[C@H](O)[C@@H](O)[C@@H](O[C@H]4[C@H](O)[C@@H](O)[C@@H](O[C@H]5[C@H](O)[C@@H](O)[C@@H](O[C@H]6[C@H](O)[C@@H](O)[C@@H](O[C@H]7[C@H](O)[C@@H](O)[C@@H](O[C@H]8[C@H](O)[C@@H](O)[C@@H](O[C@@H]1[C@@H](CO)O2)O[C@@H]8CO)O[C@@H]7CO)O[C@@H]6CO)O[C@@H]5CO)O[C@@H]4CO)O[C@@H]3CO. The van der Waals surface area contributed by atoms with E-state index in [4.69, 9.17) is 66.3 Å². The van der Waals surface area contributed by atoms with Crippen LogP contribution in [0.4, 0.5) is 0 Å². The minimum Gasteiger partial charge on any atom is -0.394 e. The van der Waals surface area contributed by atoms with E-state index in [1.165, 1.54) is 0 Å². The van der Waals surface area contributed by atoms with Crippen LogP contribution in [0.3, 0.4) is 0 Å². The molecule has 0 spiro atoms. The molecule has 0 aliphatic carbocycles. The van der Waals surface area contributed by atoms with Crippen LogP contribution in [0.15, 0.2) is 12.7 Å². The predicted molar refractivity (Wildman–Crippen MR) is 245 cm³/mol. The molecule has 35 atom stereocenters. The number of aliphatic hydroxyl groups excluding tert-OH is 20. The molecule has 21 aliphatic rings. The van der Waals surface area contributed by atoms with Gasteiger partial charge in [-0.1, -0.05) is 6.58 Å². The normalized spacial score (nSPS) is 53.1. The summed E-state index contributed by atoms with van der Waals surface area (Å²) in [4.78, 5) is 12.9. The fraction of sp³-hybridized carbons (Fsp3) is 0.933. The second kappa shape index (κ2) is 27.7. The average molecular weight is 1190 g/mol. The molecule has 1 amide bonds. The van der Waals surface area contributed by atoms with E-state index in [2.05, 4.69) is 11.9 Å². The fourth-order valence-electron chi connectivity index (χ4n) is 10.8. The molecule has 14 bridgehead atoms. The molecule has 21 rings (SSSR count). The summed E-state index contributed by atoms with van der Waals surface area (Å²) in [5.41, 5.74) is 0. The van der Waals surface area contributed by atoms with E-state index in [-0.39, 0.29) is 0 Å². The molecule has 81 heavy (non-hydrogen) atoms. The van der Waals surface area contributed by atoms with Crippen LogP contribution in [0.5, 0.6) is 0 Å². The molecular formula is C45H73NO35. The molecule has 21 heterocycles. The van der Waals surface area contributed by atoms with Gasteiger partial charge in [-0.2, -0.15) is 0 Å². The Morgan fingerprint density at radius 1 is 0.284 bits per heavy atom. The Balaban J connectivity index is 1.10. The Hall–Kier alpha value is -2.15. The number of nitrogens with one attached hydrogen (secondary N) is 1. The molecule has 468 valence electrons. The molecule has 0 aromatic heterocycles. The van der Waals surface area contributed by atoms with Gasteiger partial charge in [-0.25, -0.2) is 0 Å². The lowest BCUT2D eigenvalue weighted by molar-refractivity contribution is -0.396. The van der Waals surface area contributed by atoms with Gasteiger partial charge in [0.1, 0.15) is 165 Å². The molecule has 21 N–H and O–H groups in total. The van der Waals surface area contributed by atoms with Gasteiger partial charge in [-0.3, -0.25) is 4.79 Å². The van der Waals surface area contributed by atoms with E-state index in [1.54, 1.807) is 0 Å². The molecule has 36 heteroatoms. The maximum atomic E-state index is 12.9. The minimum atomic E-state index is -2.24. The fourth-order valence-corrected chi connectivity index (χ4v) is 10.8. The second-order valence-electron chi connectivity index (χ2n) is 20.4. The third kappa shape index (κ3) is 13.0. The van der Waals surface area contributed by atoms with Crippen LogP contribution in [0, 0.1) is 0 Å². The van der Waals surface area contributed by atoms with Crippen molar-refractivity contribution >= 4 is 5.91 Å². The summed E-state index contributed by atoms with van der Waals surface area (Å²) < 4.78 is 80.4. The molecule has 21 saturated heterocycles. The lowest BCUT2D eigenvalue weighted by Gasteiger charge is -2.50. The van der Waals surface area contributed by atoms with Crippen molar-refractivity contribution in [2.24, 2.45) is 0 Å². The Kier molecular flexibility index (Phi) is 22.2. The van der Waals surface area contributed by atoms with Crippen molar-refractivity contribution in [2.45, 2.75) is 215 Å². The van der Waals surface area contributed by atoms with Crippen LogP contribution in [0.2, 0.25) is 0 Å². The van der Waals surface area contributed by atoms with E-state index >= 15 is 0 Å². The molecule has 0 radical (unpaired) electrons. The third-order valence-electron chi connectivity index (χ3n) is 15.3. The van der Waals surface area contributed by atoms with Gasteiger partial charge in [0, 0.05) is 0 Å². The Bertz CT molecular complexity index is 1990. The summed E-state index contributed by atoms with van der Waals surface area (Å²) in [6.07, 6.45) is -67.8. The quantitative estimate of drug-likeness (QED) is 0.0953. The standard InChI is InChI=1S/C45H73NO35/c1-2-17(54)46-18-19(55)39-68-10(3-47)32(18)75-40-26(62)20(56)34(12(5-49)69-40)77-42-28(64)22(58)36(14(7-51)71-42)79-44-30(66)24(60)38(16(9-53)73-44)81-45-31(67)25(61)37(15(8-52)74-45)80-43-29(65)23(59)35(13(6-50)72-43)78-41-27(63)21(57)33(76-39)11(4-48)70-41/h2,10-16,18-45,47-53,55-67H,1,3-9H2,(H,46,54)/t10-,11-,12-,13-,14-,15-,16-,18-,19-,20-,21-,22-,23-,24-,25-,26-,27-,28-,29-,30-,31-,32-,33-,34-,35-,36-,37-,38-,39-,40-,41-,42-,43-,44-,45-/m1/s1. The number of rotatable bonds is 9. The first-order valence-electron chi connectivity index (χ1n) is 25.8. The van der Waals surface area contributed by atoms with Crippen LogP contribution < -0.4 is 5.32 Å². The van der Waals surface area contributed by atoms with Crippen molar-refractivity contribution in [3.8, 4) is 0 Å². The van der Waals surface area contributed by atoms with E-state index in [9.17, 15) is 107 Å². The van der Waals surface area contributed by atoms with Gasteiger partial charge < -0.3 is 174 Å². The maximum Gasteiger partial charge on any atom is 0.243 e. The zero-order valence-corrected chi connectivity index (χ0v) is 42.5. The number of hydrogen-bond donors (Lipinski definition) is 21. The summed E-state index contributed by atoms with van der Waals surface area (Å²) in [7, 11) is 0. The van der Waals surface area contributed by atoms with Crippen molar-refractivity contribution in [1.29, 1.82) is 0 Å². The van der Waals surface area contributed by atoms with E-state index in [0.717, 1.165) is 6.08 Å². The average Bonchev–Trinajstić information content (AvgIpc) is 3.59. The monoisotopic (exact) mass is 1190 g/mol. The number of ether oxygens (including phenoxy) is 14. The molecule has 0 aromatic carbocycles. The van der Waals surface area contributed by atoms with E-state index in [1.807, 2.05) is 0 Å². The third-order valence-corrected chi connectivity index (χ3v) is 15.3. The lowest BCUT2D eigenvalue weighted by atomic mass is 9.93. The molecular weight excluding hydrogens is 1110 g/mol. The summed E-state index contributed by atoms with van der Waals surface area (Å²) in [6.45, 7) is -4.06. The van der Waals surface area contributed by atoms with E-state index in [0.29, 0.717) is 0 Å². The number of hydrogen-bond acceptors (Lipinski definition) is 35. The summed E-state index contributed by atoms with van der Waals surface area (Å²) >= 11 is 0. The lowest BCUT2D eigenvalue weighted by Crippen LogP contribution is -2.70. The van der Waals surface area contributed by atoms with Gasteiger partial charge in [0.05, 0.1) is 52.3 Å². The van der Waals surface area contributed by atoms with Gasteiger partial charge in [-0.15, -0.1) is 0 Å².